The van der Waals surface area contributed by atoms with Gasteiger partial charge in [-0.3, -0.25) is 9.69 Å². The molecule has 6 heteroatoms. The summed E-state index contributed by atoms with van der Waals surface area (Å²) in [7, 11) is 0. The minimum absolute atomic E-state index is 0.0232. The standard InChI is InChI=1S/C28H36N4O2/c1-19-8-10-22(11-9-19)26-30-25(34-31-26)18-32-16-6-7-23(17-32)27(33)29-20(2)21-12-14-24(15-13-21)28(3,4)5/h8-15,20,23H,6-7,16-18H2,1-5H3,(H,29,33). The summed E-state index contributed by atoms with van der Waals surface area (Å²) in [5, 5.41) is 7.36. The summed E-state index contributed by atoms with van der Waals surface area (Å²) in [5.41, 5.74) is 4.69. The molecule has 1 fully saturated rings. The molecule has 2 heterocycles. The second kappa shape index (κ2) is 10.1. The predicted molar refractivity (Wildman–Crippen MR) is 134 cm³/mol. The largest absolute Gasteiger partial charge is 0.349 e. The lowest BCUT2D eigenvalue weighted by molar-refractivity contribution is -0.127. The molecule has 0 radical (unpaired) electrons. The minimum Gasteiger partial charge on any atom is -0.349 e. The van der Waals surface area contributed by atoms with Crippen LogP contribution in [0.3, 0.4) is 0 Å². The molecule has 1 aromatic heterocycles. The van der Waals surface area contributed by atoms with Crippen LogP contribution in [0.15, 0.2) is 53.1 Å². The Morgan fingerprint density at radius 2 is 1.85 bits per heavy atom. The van der Waals surface area contributed by atoms with Gasteiger partial charge in [0.15, 0.2) is 0 Å². The van der Waals surface area contributed by atoms with Gasteiger partial charge in [0.2, 0.25) is 17.6 Å². The summed E-state index contributed by atoms with van der Waals surface area (Å²) < 4.78 is 5.50. The zero-order valence-corrected chi connectivity index (χ0v) is 21.0. The zero-order valence-electron chi connectivity index (χ0n) is 21.0. The fraction of sp³-hybridized carbons (Fsp3) is 0.464. The van der Waals surface area contributed by atoms with Crippen molar-refractivity contribution in [2.75, 3.05) is 13.1 Å². The average Bonchev–Trinajstić information content (AvgIpc) is 3.27. The van der Waals surface area contributed by atoms with Crippen molar-refractivity contribution in [3.63, 3.8) is 0 Å². The number of carbonyl (C=O) groups excluding carboxylic acids is 1. The van der Waals surface area contributed by atoms with Crippen LogP contribution in [-0.2, 0) is 16.8 Å². The second-order valence-electron chi connectivity index (χ2n) is 10.6. The number of nitrogens with zero attached hydrogens (tertiary/aromatic N) is 3. The lowest BCUT2D eigenvalue weighted by Gasteiger charge is -2.31. The molecule has 1 aliphatic heterocycles. The van der Waals surface area contributed by atoms with Gasteiger partial charge in [-0.05, 0) is 49.8 Å². The van der Waals surface area contributed by atoms with Crippen LogP contribution in [0.25, 0.3) is 11.4 Å². The molecule has 0 aliphatic carbocycles. The van der Waals surface area contributed by atoms with Gasteiger partial charge in [0.25, 0.3) is 0 Å². The summed E-state index contributed by atoms with van der Waals surface area (Å²) >= 11 is 0. The highest BCUT2D eigenvalue weighted by atomic mass is 16.5. The molecule has 1 N–H and O–H groups in total. The van der Waals surface area contributed by atoms with Crippen LogP contribution >= 0.6 is 0 Å². The van der Waals surface area contributed by atoms with Gasteiger partial charge in [-0.1, -0.05) is 80.0 Å². The van der Waals surface area contributed by atoms with E-state index in [1.807, 2.05) is 24.3 Å². The summed E-state index contributed by atoms with van der Waals surface area (Å²) in [6.45, 7) is 12.9. The van der Waals surface area contributed by atoms with Gasteiger partial charge in [-0.25, -0.2) is 0 Å². The quantitative estimate of drug-likeness (QED) is 0.531. The number of amides is 1. The van der Waals surface area contributed by atoms with Crippen molar-refractivity contribution in [1.29, 1.82) is 0 Å². The Labute approximate surface area is 202 Å². The molecule has 4 rings (SSSR count). The topological polar surface area (TPSA) is 71.3 Å². The molecule has 34 heavy (non-hydrogen) atoms. The molecule has 1 amide bonds. The number of hydrogen-bond acceptors (Lipinski definition) is 5. The Balaban J connectivity index is 1.32. The highest BCUT2D eigenvalue weighted by Crippen LogP contribution is 2.25. The van der Waals surface area contributed by atoms with E-state index in [0.29, 0.717) is 24.8 Å². The third kappa shape index (κ3) is 5.92. The van der Waals surface area contributed by atoms with E-state index in [1.165, 1.54) is 11.1 Å². The molecule has 2 aromatic carbocycles. The number of hydrogen-bond donors (Lipinski definition) is 1. The van der Waals surface area contributed by atoms with Gasteiger partial charge in [0.1, 0.15) is 0 Å². The summed E-state index contributed by atoms with van der Waals surface area (Å²) in [4.78, 5) is 19.8. The third-order valence-electron chi connectivity index (χ3n) is 6.65. The molecular weight excluding hydrogens is 424 g/mol. The van der Waals surface area contributed by atoms with E-state index in [4.69, 9.17) is 4.52 Å². The number of piperidine rings is 1. The number of rotatable bonds is 6. The SMILES string of the molecule is Cc1ccc(-c2noc(CN3CCCC(C(=O)NC(C)c4ccc(C(C)(C)C)cc4)C3)n2)cc1. The third-order valence-corrected chi connectivity index (χ3v) is 6.65. The van der Waals surface area contributed by atoms with Gasteiger partial charge in [0, 0.05) is 12.1 Å². The number of aryl methyl sites for hydroxylation is 1. The lowest BCUT2D eigenvalue weighted by atomic mass is 9.86. The number of nitrogens with one attached hydrogen (secondary N) is 1. The van der Waals surface area contributed by atoms with E-state index in [2.05, 4.69) is 79.2 Å². The van der Waals surface area contributed by atoms with Crippen molar-refractivity contribution in [2.45, 2.75) is 65.5 Å². The first kappa shape index (κ1) is 24.1. The Hall–Kier alpha value is -2.99. The van der Waals surface area contributed by atoms with Crippen molar-refractivity contribution in [3.8, 4) is 11.4 Å². The van der Waals surface area contributed by atoms with Crippen molar-refractivity contribution >= 4 is 5.91 Å². The Kier molecular flexibility index (Phi) is 7.17. The minimum atomic E-state index is -0.0375. The number of benzene rings is 2. The second-order valence-corrected chi connectivity index (χ2v) is 10.6. The Bertz CT molecular complexity index is 1100. The lowest BCUT2D eigenvalue weighted by Crippen LogP contribution is -2.43. The van der Waals surface area contributed by atoms with Crippen LogP contribution in [0.5, 0.6) is 0 Å². The summed E-state index contributed by atoms with van der Waals surface area (Å²) in [6, 6.07) is 16.6. The van der Waals surface area contributed by atoms with Crippen LogP contribution in [0, 0.1) is 12.8 Å². The smallest absolute Gasteiger partial charge is 0.241 e. The van der Waals surface area contributed by atoms with Gasteiger partial charge in [-0.15, -0.1) is 0 Å². The molecule has 2 unspecified atom stereocenters. The molecule has 3 aromatic rings. The summed E-state index contributed by atoms with van der Waals surface area (Å²) in [6.07, 6.45) is 1.88. The van der Waals surface area contributed by atoms with Crippen LogP contribution in [0.2, 0.25) is 0 Å². The maximum atomic E-state index is 13.0. The van der Waals surface area contributed by atoms with Gasteiger partial charge >= 0.3 is 0 Å². The first-order chi connectivity index (χ1) is 16.2. The van der Waals surface area contributed by atoms with Crippen LogP contribution in [-0.4, -0.2) is 34.0 Å². The van der Waals surface area contributed by atoms with E-state index in [1.54, 1.807) is 0 Å². The highest BCUT2D eigenvalue weighted by molar-refractivity contribution is 5.79. The molecular formula is C28H36N4O2. The van der Waals surface area contributed by atoms with E-state index >= 15 is 0 Å². The van der Waals surface area contributed by atoms with E-state index < -0.39 is 0 Å². The average molecular weight is 461 g/mol. The number of aromatic nitrogens is 2. The van der Waals surface area contributed by atoms with Crippen LogP contribution in [0.1, 0.15) is 69.2 Å². The van der Waals surface area contributed by atoms with Crippen molar-refractivity contribution < 1.29 is 9.32 Å². The monoisotopic (exact) mass is 460 g/mol. The maximum Gasteiger partial charge on any atom is 0.241 e. The molecule has 0 saturated carbocycles. The van der Waals surface area contributed by atoms with E-state index in [-0.39, 0.29) is 23.3 Å². The molecule has 180 valence electrons. The first-order valence-electron chi connectivity index (χ1n) is 12.2. The molecule has 0 spiro atoms. The van der Waals surface area contributed by atoms with Crippen LogP contribution in [0.4, 0.5) is 0 Å². The van der Waals surface area contributed by atoms with Gasteiger partial charge < -0.3 is 9.84 Å². The Morgan fingerprint density at radius 1 is 1.15 bits per heavy atom. The van der Waals surface area contributed by atoms with E-state index in [0.717, 1.165) is 30.5 Å². The van der Waals surface area contributed by atoms with E-state index in [9.17, 15) is 4.79 Å². The maximum absolute atomic E-state index is 13.0. The molecule has 1 saturated heterocycles. The number of likely N-dealkylation sites (tertiary alicyclic amines) is 1. The normalized spacial score (nSPS) is 18.0. The number of carbonyl (C=O) groups is 1. The molecule has 0 bridgehead atoms. The first-order valence-corrected chi connectivity index (χ1v) is 12.2. The molecule has 6 nitrogen and oxygen atoms in total. The van der Waals surface area contributed by atoms with Gasteiger partial charge in [0.05, 0.1) is 18.5 Å². The van der Waals surface area contributed by atoms with Crippen molar-refractivity contribution in [2.24, 2.45) is 5.92 Å². The van der Waals surface area contributed by atoms with Crippen molar-refractivity contribution in [3.05, 3.63) is 71.1 Å². The summed E-state index contributed by atoms with van der Waals surface area (Å²) in [5.74, 6) is 1.27. The Morgan fingerprint density at radius 3 is 2.53 bits per heavy atom. The zero-order chi connectivity index (χ0) is 24.3. The molecule has 1 aliphatic rings. The van der Waals surface area contributed by atoms with Gasteiger partial charge in [-0.2, -0.15) is 4.98 Å². The highest BCUT2D eigenvalue weighted by Gasteiger charge is 2.28. The predicted octanol–water partition coefficient (Wildman–Crippen LogP) is 5.43. The molecule has 2 atom stereocenters. The fourth-order valence-electron chi connectivity index (χ4n) is 4.43. The van der Waals surface area contributed by atoms with Crippen molar-refractivity contribution in [1.82, 2.24) is 20.4 Å². The van der Waals surface area contributed by atoms with Crippen LogP contribution < -0.4 is 5.32 Å². The fourth-order valence-corrected chi connectivity index (χ4v) is 4.43.